The van der Waals surface area contributed by atoms with E-state index in [1.807, 2.05) is 0 Å². The summed E-state index contributed by atoms with van der Waals surface area (Å²) in [6.45, 7) is 22.1. The van der Waals surface area contributed by atoms with Crippen molar-refractivity contribution in [3.05, 3.63) is 12.7 Å². The molecule has 0 heterocycles. The summed E-state index contributed by atoms with van der Waals surface area (Å²) in [5.41, 5.74) is 18.3. The van der Waals surface area contributed by atoms with Gasteiger partial charge in [-0.25, -0.2) is 0 Å². The summed E-state index contributed by atoms with van der Waals surface area (Å²) < 4.78 is 20.5. The molecule has 0 spiro atoms. The number of hydrogen-bond acceptors (Lipinski definition) is 7. The number of nitrogens with zero attached hydrogens (tertiary/aromatic N) is 1. The van der Waals surface area contributed by atoms with Gasteiger partial charge in [-0.3, -0.25) is 4.90 Å². The van der Waals surface area contributed by atoms with E-state index in [9.17, 15) is 0 Å². The van der Waals surface area contributed by atoms with Crippen LogP contribution in [0.4, 0.5) is 0 Å². The standard InChI is InChI=1S/C44H84N4O3/c1-6-8-9-10-11-12-26-48(25-7-2)27-13-17-34(3)37-18-19-38-42-39(33-41(44(37,38)5)51-30-16-24-47)43(4)21-20-36(49-28-14-22-45)31-35(43)32-40(42)50-29-15-23-46/h7,34-42H,2,6,8-33,45-47H2,1,3-5H3/t34-,35?,36-,37?,38+,39+,40-,41+,42?,43?,44+/m1/s1. The van der Waals surface area contributed by atoms with Gasteiger partial charge in [-0.05, 0) is 157 Å². The topological polar surface area (TPSA) is 109 Å². The van der Waals surface area contributed by atoms with E-state index in [1.165, 1.54) is 103 Å². The number of unbranched alkanes of at least 4 members (excludes halogenated alkanes) is 5. The summed E-state index contributed by atoms with van der Waals surface area (Å²) in [6, 6.07) is 0. The minimum Gasteiger partial charge on any atom is -0.378 e. The lowest BCUT2D eigenvalue weighted by molar-refractivity contribution is -0.227. The number of nitrogens with two attached hydrogens (primary N) is 3. The van der Waals surface area contributed by atoms with Crippen molar-refractivity contribution in [2.75, 3.05) is 59.1 Å². The van der Waals surface area contributed by atoms with E-state index < -0.39 is 0 Å². The van der Waals surface area contributed by atoms with Crippen molar-refractivity contribution in [1.29, 1.82) is 0 Å². The van der Waals surface area contributed by atoms with E-state index in [1.54, 1.807) is 0 Å². The van der Waals surface area contributed by atoms with Gasteiger partial charge in [0.05, 0.1) is 18.3 Å². The van der Waals surface area contributed by atoms with Crippen LogP contribution in [0.2, 0.25) is 0 Å². The molecule has 0 aromatic heterocycles. The lowest BCUT2D eigenvalue weighted by Crippen LogP contribution is -2.63. The summed E-state index contributed by atoms with van der Waals surface area (Å²) in [4.78, 5) is 2.66. The van der Waals surface area contributed by atoms with Crippen LogP contribution < -0.4 is 17.2 Å². The van der Waals surface area contributed by atoms with Crippen molar-refractivity contribution in [2.45, 2.75) is 162 Å². The van der Waals surface area contributed by atoms with Crippen LogP contribution in [-0.2, 0) is 14.2 Å². The van der Waals surface area contributed by atoms with E-state index in [4.69, 9.17) is 31.4 Å². The molecular weight excluding hydrogens is 633 g/mol. The molecule has 4 unspecified atom stereocenters. The van der Waals surface area contributed by atoms with Crippen LogP contribution in [0.15, 0.2) is 12.7 Å². The molecule has 7 nitrogen and oxygen atoms in total. The first-order chi connectivity index (χ1) is 24.8. The van der Waals surface area contributed by atoms with E-state index in [0.717, 1.165) is 52.0 Å². The minimum atomic E-state index is 0.162. The van der Waals surface area contributed by atoms with Crippen LogP contribution >= 0.6 is 0 Å². The molecule has 0 saturated heterocycles. The zero-order chi connectivity index (χ0) is 36.7. The molecule has 0 radical (unpaired) electrons. The average molecular weight is 717 g/mol. The summed E-state index contributed by atoms with van der Waals surface area (Å²) >= 11 is 0. The van der Waals surface area contributed by atoms with Crippen molar-refractivity contribution < 1.29 is 14.2 Å². The van der Waals surface area contributed by atoms with Gasteiger partial charge in [0.25, 0.3) is 0 Å². The van der Waals surface area contributed by atoms with Crippen LogP contribution in [0, 0.1) is 46.3 Å². The molecule has 4 aliphatic carbocycles. The Kier molecular flexibility index (Phi) is 18.7. The molecule has 4 fully saturated rings. The predicted molar refractivity (Wildman–Crippen MR) is 215 cm³/mol. The summed E-state index contributed by atoms with van der Waals surface area (Å²) in [5.74, 6) is 3.83. The van der Waals surface area contributed by atoms with Gasteiger partial charge in [0.2, 0.25) is 0 Å². The number of ether oxygens (including phenoxy) is 3. The van der Waals surface area contributed by atoms with Crippen molar-refractivity contribution in [1.82, 2.24) is 4.90 Å². The summed E-state index contributed by atoms with van der Waals surface area (Å²) in [5, 5.41) is 0. The van der Waals surface area contributed by atoms with Crippen molar-refractivity contribution in [3.63, 3.8) is 0 Å². The molecule has 7 heteroatoms. The van der Waals surface area contributed by atoms with E-state index in [-0.39, 0.29) is 11.5 Å². The Morgan fingerprint density at radius 3 is 2.14 bits per heavy atom. The highest BCUT2D eigenvalue weighted by Gasteiger charge is 2.66. The molecule has 11 atom stereocenters. The fourth-order valence-electron chi connectivity index (χ4n) is 12.0. The third-order valence-electron chi connectivity index (χ3n) is 14.8. The molecule has 0 aromatic carbocycles. The first-order valence-electron chi connectivity index (χ1n) is 22.1. The molecule has 4 aliphatic rings. The number of rotatable bonds is 26. The number of fused-ring (bicyclic) bond motifs is 5. The van der Waals surface area contributed by atoms with E-state index in [0.29, 0.717) is 72.8 Å². The van der Waals surface area contributed by atoms with Crippen LogP contribution in [0.3, 0.4) is 0 Å². The average Bonchev–Trinajstić information content (AvgIpc) is 3.48. The largest absolute Gasteiger partial charge is 0.378 e. The molecule has 0 aromatic rings. The fraction of sp³-hybridized carbons (Fsp3) is 0.955. The normalized spacial score (nSPS) is 35.4. The molecule has 6 N–H and O–H groups in total. The third-order valence-corrected chi connectivity index (χ3v) is 14.8. The Morgan fingerprint density at radius 1 is 0.765 bits per heavy atom. The van der Waals surface area contributed by atoms with Gasteiger partial charge in [0.15, 0.2) is 0 Å². The van der Waals surface area contributed by atoms with Crippen molar-refractivity contribution in [2.24, 2.45) is 63.5 Å². The highest BCUT2D eigenvalue weighted by Crippen LogP contribution is 2.69. The molecule has 4 rings (SSSR count). The van der Waals surface area contributed by atoms with Gasteiger partial charge in [0.1, 0.15) is 0 Å². The third kappa shape index (κ3) is 11.0. The zero-order valence-corrected chi connectivity index (χ0v) is 34.0. The Labute approximate surface area is 315 Å². The lowest BCUT2D eigenvalue weighted by atomic mass is 9.43. The molecule has 0 aliphatic heterocycles. The Hall–Kier alpha value is -0.540. The van der Waals surface area contributed by atoms with Gasteiger partial charge in [-0.2, -0.15) is 0 Å². The first-order valence-corrected chi connectivity index (χ1v) is 22.1. The highest BCUT2D eigenvalue weighted by molar-refractivity contribution is 5.15. The Balaban J connectivity index is 1.49. The van der Waals surface area contributed by atoms with Gasteiger partial charge < -0.3 is 31.4 Å². The van der Waals surface area contributed by atoms with Gasteiger partial charge in [0, 0.05) is 31.8 Å². The SMILES string of the molecule is C=CCN(CCCCCCCC)CCC[C@@H](C)C1CC[C@H]2C3[C@H](OCCCN)CC4C[C@H](OCCCN)CCC4(C)[C@H]3C[C@H](OCCCN)[C@@]12C. The Morgan fingerprint density at radius 2 is 1.43 bits per heavy atom. The van der Waals surface area contributed by atoms with E-state index in [2.05, 4.69) is 45.2 Å². The number of hydrogen-bond donors (Lipinski definition) is 3. The second-order valence-electron chi connectivity index (χ2n) is 18.0. The Bertz CT molecular complexity index is 969. The fourth-order valence-corrected chi connectivity index (χ4v) is 12.0. The van der Waals surface area contributed by atoms with Crippen LogP contribution in [0.5, 0.6) is 0 Å². The quantitative estimate of drug-likeness (QED) is 0.0610. The first kappa shape index (κ1) is 43.2. The molecule has 0 bridgehead atoms. The summed E-state index contributed by atoms with van der Waals surface area (Å²) in [7, 11) is 0. The molecule has 0 amide bonds. The molecule has 298 valence electrons. The second-order valence-corrected chi connectivity index (χ2v) is 18.0. The maximum absolute atomic E-state index is 7.08. The maximum atomic E-state index is 7.08. The second kappa shape index (κ2) is 22.1. The van der Waals surface area contributed by atoms with Gasteiger partial charge >= 0.3 is 0 Å². The minimum absolute atomic E-state index is 0.162. The maximum Gasteiger partial charge on any atom is 0.0637 e. The van der Waals surface area contributed by atoms with Crippen molar-refractivity contribution >= 4 is 0 Å². The van der Waals surface area contributed by atoms with Crippen LogP contribution in [0.25, 0.3) is 0 Å². The lowest BCUT2D eigenvalue weighted by Gasteiger charge is -2.65. The molecular formula is C44H84N4O3. The van der Waals surface area contributed by atoms with Crippen LogP contribution in [0.1, 0.15) is 143 Å². The monoisotopic (exact) mass is 717 g/mol. The van der Waals surface area contributed by atoms with Crippen molar-refractivity contribution in [3.8, 4) is 0 Å². The zero-order valence-electron chi connectivity index (χ0n) is 34.0. The predicted octanol–water partition coefficient (Wildman–Crippen LogP) is 8.33. The smallest absolute Gasteiger partial charge is 0.0637 e. The highest BCUT2D eigenvalue weighted by atomic mass is 16.5. The van der Waals surface area contributed by atoms with E-state index >= 15 is 0 Å². The van der Waals surface area contributed by atoms with Gasteiger partial charge in [-0.1, -0.05) is 65.9 Å². The van der Waals surface area contributed by atoms with Crippen LogP contribution in [-0.4, -0.2) is 82.3 Å². The summed E-state index contributed by atoms with van der Waals surface area (Å²) in [6.07, 6.45) is 25.1. The molecule has 4 saturated carbocycles. The molecule has 51 heavy (non-hydrogen) atoms. The van der Waals surface area contributed by atoms with Gasteiger partial charge in [-0.15, -0.1) is 6.58 Å².